The Bertz CT molecular complexity index is 692. The summed E-state index contributed by atoms with van der Waals surface area (Å²) in [5.41, 5.74) is 2.51. The summed E-state index contributed by atoms with van der Waals surface area (Å²) >= 11 is 1.45. The molecular weight excluding hydrogens is 244 g/mol. The molecule has 2 heterocycles. The lowest BCUT2D eigenvalue weighted by Gasteiger charge is -1.95. The minimum Gasteiger partial charge on any atom is -0.333 e. The molecule has 0 unspecified atom stereocenters. The largest absolute Gasteiger partial charge is 0.333 e. The number of pyridine rings is 1. The Kier molecular flexibility index (Phi) is 2.71. The van der Waals surface area contributed by atoms with Crippen LogP contribution in [0, 0.1) is 11.3 Å². The summed E-state index contributed by atoms with van der Waals surface area (Å²) in [6.07, 6.45) is 1.56. The molecule has 0 atom stereocenters. The highest BCUT2D eigenvalue weighted by Crippen LogP contribution is 2.25. The van der Waals surface area contributed by atoms with Gasteiger partial charge in [0.05, 0.1) is 16.6 Å². The van der Waals surface area contributed by atoms with E-state index in [2.05, 4.69) is 15.0 Å². The fourth-order valence-corrected chi connectivity index (χ4v) is 2.33. The average molecular weight is 252 g/mol. The number of para-hydroxylation sites is 2. The van der Waals surface area contributed by atoms with Gasteiger partial charge in [0.15, 0.2) is 5.16 Å². The number of aromatic amines is 1. The van der Waals surface area contributed by atoms with Gasteiger partial charge in [0.25, 0.3) is 0 Å². The van der Waals surface area contributed by atoms with Crippen LogP contribution in [0.15, 0.2) is 52.8 Å². The number of H-pyrrole nitrogens is 1. The summed E-state index contributed by atoms with van der Waals surface area (Å²) in [5, 5.41) is 10.3. The maximum atomic E-state index is 8.70. The third-order valence-electron chi connectivity index (χ3n) is 2.43. The van der Waals surface area contributed by atoms with E-state index in [4.69, 9.17) is 5.26 Å². The van der Waals surface area contributed by atoms with Crippen LogP contribution in [0.4, 0.5) is 0 Å². The zero-order chi connectivity index (χ0) is 12.4. The molecule has 0 aliphatic rings. The summed E-state index contributed by atoms with van der Waals surface area (Å²) < 4.78 is 0. The molecule has 5 heteroatoms. The van der Waals surface area contributed by atoms with Crippen LogP contribution in [0.2, 0.25) is 0 Å². The zero-order valence-electron chi connectivity index (χ0n) is 9.29. The van der Waals surface area contributed by atoms with Crippen LogP contribution in [-0.2, 0) is 0 Å². The first kappa shape index (κ1) is 10.8. The van der Waals surface area contributed by atoms with Gasteiger partial charge in [0, 0.05) is 6.20 Å². The lowest BCUT2D eigenvalue weighted by molar-refractivity contribution is 1.05. The zero-order valence-corrected chi connectivity index (χ0v) is 10.1. The van der Waals surface area contributed by atoms with E-state index >= 15 is 0 Å². The van der Waals surface area contributed by atoms with E-state index < -0.39 is 0 Å². The van der Waals surface area contributed by atoms with Gasteiger partial charge in [-0.2, -0.15) is 5.26 Å². The number of imidazole rings is 1. The topological polar surface area (TPSA) is 65.4 Å². The molecule has 0 amide bonds. The van der Waals surface area contributed by atoms with Crippen molar-refractivity contribution in [2.75, 3.05) is 0 Å². The second kappa shape index (κ2) is 4.51. The van der Waals surface area contributed by atoms with Crippen LogP contribution in [0.1, 0.15) is 5.56 Å². The van der Waals surface area contributed by atoms with Crippen molar-refractivity contribution in [2.24, 2.45) is 0 Å². The third-order valence-corrected chi connectivity index (χ3v) is 3.27. The fraction of sp³-hybridized carbons (Fsp3) is 0. The first-order valence-corrected chi connectivity index (χ1v) is 6.15. The third kappa shape index (κ3) is 2.06. The molecule has 0 spiro atoms. The smallest absolute Gasteiger partial charge is 0.172 e. The number of benzene rings is 1. The normalized spacial score (nSPS) is 10.4. The maximum Gasteiger partial charge on any atom is 0.172 e. The number of hydrogen-bond donors (Lipinski definition) is 1. The molecule has 3 rings (SSSR count). The van der Waals surface area contributed by atoms with Crippen LogP contribution < -0.4 is 0 Å². The quantitative estimate of drug-likeness (QED) is 0.761. The minimum atomic E-state index is 0.559. The van der Waals surface area contributed by atoms with Gasteiger partial charge in [0.1, 0.15) is 11.1 Å². The predicted molar refractivity (Wildman–Crippen MR) is 69.2 cm³/mol. The first-order valence-electron chi connectivity index (χ1n) is 5.34. The molecule has 0 bridgehead atoms. The highest BCUT2D eigenvalue weighted by molar-refractivity contribution is 7.99. The summed E-state index contributed by atoms with van der Waals surface area (Å²) in [4.78, 5) is 11.9. The number of rotatable bonds is 2. The van der Waals surface area contributed by atoms with Crippen molar-refractivity contribution in [1.82, 2.24) is 15.0 Å². The number of nitrogens with zero attached hydrogens (tertiary/aromatic N) is 3. The van der Waals surface area contributed by atoms with Crippen molar-refractivity contribution < 1.29 is 0 Å². The van der Waals surface area contributed by atoms with Crippen molar-refractivity contribution in [3.63, 3.8) is 0 Å². The fourth-order valence-electron chi connectivity index (χ4n) is 1.58. The standard InChI is InChI=1S/C13H8N4S/c14-7-9-5-6-12(15-8-9)18-13-16-10-3-1-2-4-11(10)17-13/h1-6,8H,(H,16,17). The SMILES string of the molecule is N#Cc1ccc(Sc2nc3ccccc3[nH]2)nc1. The summed E-state index contributed by atoms with van der Waals surface area (Å²) in [5.74, 6) is 0. The Hall–Kier alpha value is -2.32. The van der Waals surface area contributed by atoms with Crippen molar-refractivity contribution in [2.45, 2.75) is 10.2 Å². The van der Waals surface area contributed by atoms with Gasteiger partial charge in [-0.3, -0.25) is 0 Å². The molecule has 0 aliphatic carbocycles. The molecule has 1 aromatic carbocycles. The van der Waals surface area contributed by atoms with Crippen LogP contribution in [-0.4, -0.2) is 15.0 Å². The number of aromatic nitrogens is 3. The molecule has 2 aromatic heterocycles. The van der Waals surface area contributed by atoms with Gasteiger partial charge in [-0.15, -0.1) is 0 Å². The van der Waals surface area contributed by atoms with E-state index in [-0.39, 0.29) is 0 Å². The molecule has 18 heavy (non-hydrogen) atoms. The van der Waals surface area contributed by atoms with Crippen molar-refractivity contribution >= 4 is 22.8 Å². The highest BCUT2D eigenvalue weighted by atomic mass is 32.2. The lowest BCUT2D eigenvalue weighted by atomic mass is 10.3. The van der Waals surface area contributed by atoms with Crippen LogP contribution >= 0.6 is 11.8 Å². The molecule has 1 N–H and O–H groups in total. The molecule has 0 radical (unpaired) electrons. The van der Waals surface area contributed by atoms with Gasteiger partial charge in [-0.1, -0.05) is 12.1 Å². The van der Waals surface area contributed by atoms with E-state index in [1.807, 2.05) is 36.4 Å². The van der Waals surface area contributed by atoms with Gasteiger partial charge in [-0.05, 0) is 36.0 Å². The predicted octanol–water partition coefficient (Wildman–Crippen LogP) is 2.98. The van der Waals surface area contributed by atoms with Crippen LogP contribution in [0.3, 0.4) is 0 Å². The van der Waals surface area contributed by atoms with Crippen molar-refractivity contribution in [3.05, 3.63) is 48.2 Å². The van der Waals surface area contributed by atoms with Crippen LogP contribution in [0.25, 0.3) is 11.0 Å². The molecule has 3 aromatic rings. The second-order valence-electron chi connectivity index (χ2n) is 3.66. The highest BCUT2D eigenvalue weighted by Gasteiger charge is 2.04. The molecule has 0 saturated carbocycles. The van der Waals surface area contributed by atoms with E-state index in [1.54, 1.807) is 12.3 Å². The second-order valence-corrected chi connectivity index (χ2v) is 4.67. The van der Waals surface area contributed by atoms with Crippen molar-refractivity contribution in [1.29, 1.82) is 5.26 Å². The molecule has 0 fully saturated rings. The minimum absolute atomic E-state index is 0.559. The van der Waals surface area contributed by atoms with Gasteiger partial charge in [-0.25, -0.2) is 9.97 Å². The van der Waals surface area contributed by atoms with E-state index in [0.717, 1.165) is 21.2 Å². The van der Waals surface area contributed by atoms with Gasteiger partial charge < -0.3 is 4.98 Å². The van der Waals surface area contributed by atoms with E-state index in [9.17, 15) is 0 Å². The Balaban J connectivity index is 1.89. The van der Waals surface area contributed by atoms with Crippen molar-refractivity contribution in [3.8, 4) is 6.07 Å². The summed E-state index contributed by atoms with van der Waals surface area (Å²) in [6, 6.07) is 13.5. The average Bonchev–Trinajstić information content (AvgIpc) is 2.82. The van der Waals surface area contributed by atoms with Gasteiger partial charge >= 0.3 is 0 Å². The molecule has 0 aliphatic heterocycles. The molecule has 0 saturated heterocycles. The Morgan fingerprint density at radius 1 is 1.17 bits per heavy atom. The van der Waals surface area contributed by atoms with Crippen LogP contribution in [0.5, 0.6) is 0 Å². The van der Waals surface area contributed by atoms with E-state index in [1.165, 1.54) is 11.8 Å². The van der Waals surface area contributed by atoms with Gasteiger partial charge in [0.2, 0.25) is 0 Å². The Labute approximate surface area is 108 Å². The summed E-state index contributed by atoms with van der Waals surface area (Å²) in [7, 11) is 0. The Morgan fingerprint density at radius 3 is 2.78 bits per heavy atom. The number of fused-ring (bicyclic) bond motifs is 1. The Morgan fingerprint density at radius 2 is 2.06 bits per heavy atom. The molecule has 86 valence electrons. The maximum absolute atomic E-state index is 8.70. The molecule has 4 nitrogen and oxygen atoms in total. The number of nitrogens with one attached hydrogen (secondary N) is 1. The first-order chi connectivity index (χ1) is 8.85. The monoisotopic (exact) mass is 252 g/mol. The lowest BCUT2D eigenvalue weighted by Crippen LogP contribution is -1.82. The summed E-state index contributed by atoms with van der Waals surface area (Å²) in [6.45, 7) is 0. The number of hydrogen-bond acceptors (Lipinski definition) is 4. The van der Waals surface area contributed by atoms with E-state index in [0.29, 0.717) is 5.56 Å². The molecular formula is C13H8N4S. The number of nitriles is 1.